The van der Waals surface area contributed by atoms with Crippen LogP contribution >= 0.6 is 0 Å². The van der Waals surface area contributed by atoms with Crippen molar-refractivity contribution in [1.82, 2.24) is 5.32 Å². The number of hydrogen-bond acceptors (Lipinski definition) is 3. The molecule has 1 N–H and O–H groups in total. The molecule has 0 aliphatic carbocycles. The van der Waals surface area contributed by atoms with Gasteiger partial charge in [0, 0.05) is 25.8 Å². The lowest BCUT2D eigenvalue weighted by molar-refractivity contribution is -0.930. The van der Waals surface area contributed by atoms with E-state index in [0.717, 1.165) is 24.5 Å². The Kier molecular flexibility index (Phi) is 6.35. The highest BCUT2D eigenvalue weighted by Gasteiger charge is 2.46. The highest BCUT2D eigenvalue weighted by molar-refractivity contribution is 5.73. The maximum atomic E-state index is 13.3. The Morgan fingerprint density at radius 3 is 2.26 bits per heavy atom. The molecule has 1 saturated heterocycles. The summed E-state index contributed by atoms with van der Waals surface area (Å²) in [5.74, 6) is -0.320. The fourth-order valence-electron chi connectivity index (χ4n) is 4.56. The SMILES string of the molecule is CC(=O)N[C@@H](c1ccccc1)C(c1ccc(C(F)(F)F)cc1[N+](=O)[O-])[N+]1(C)CCCC1. The molecule has 9 heteroatoms. The molecule has 1 heterocycles. The molecule has 0 bridgehead atoms. The fraction of sp³-hybridized carbons (Fsp3) is 0.409. The van der Waals surface area contributed by atoms with Crippen LogP contribution in [0.3, 0.4) is 0 Å². The number of quaternary nitrogens is 1. The summed E-state index contributed by atoms with van der Waals surface area (Å²) in [6.07, 6.45) is -2.91. The van der Waals surface area contributed by atoms with Crippen molar-refractivity contribution in [3.05, 3.63) is 75.3 Å². The van der Waals surface area contributed by atoms with Crippen molar-refractivity contribution in [2.75, 3.05) is 20.1 Å². The van der Waals surface area contributed by atoms with Gasteiger partial charge in [-0.15, -0.1) is 0 Å². The zero-order valence-electron chi connectivity index (χ0n) is 17.4. The molecule has 2 aromatic carbocycles. The molecular formula is C22H25F3N3O3+. The number of amides is 1. The van der Waals surface area contributed by atoms with Gasteiger partial charge in [0.05, 0.1) is 36.2 Å². The van der Waals surface area contributed by atoms with Crippen LogP contribution in [0.1, 0.15) is 48.5 Å². The monoisotopic (exact) mass is 436 g/mol. The summed E-state index contributed by atoms with van der Waals surface area (Å²) in [5, 5.41) is 14.8. The lowest BCUT2D eigenvalue weighted by Crippen LogP contribution is -2.50. The zero-order chi connectivity index (χ0) is 22.8. The van der Waals surface area contributed by atoms with Crippen LogP contribution in [0.15, 0.2) is 48.5 Å². The summed E-state index contributed by atoms with van der Waals surface area (Å²) in [7, 11) is 1.94. The van der Waals surface area contributed by atoms with Gasteiger partial charge in [0.15, 0.2) is 0 Å². The summed E-state index contributed by atoms with van der Waals surface area (Å²) in [5.41, 5.74) is -0.730. The topological polar surface area (TPSA) is 72.2 Å². The minimum Gasteiger partial charge on any atom is -0.343 e. The maximum Gasteiger partial charge on any atom is 0.416 e. The number of benzene rings is 2. The van der Waals surface area contributed by atoms with E-state index in [9.17, 15) is 28.1 Å². The van der Waals surface area contributed by atoms with Crippen LogP contribution < -0.4 is 5.32 Å². The highest BCUT2D eigenvalue weighted by Crippen LogP contribution is 2.45. The Hall–Kier alpha value is -2.94. The first-order valence-corrected chi connectivity index (χ1v) is 10.0. The van der Waals surface area contributed by atoms with Gasteiger partial charge < -0.3 is 9.80 Å². The molecule has 1 amide bonds. The van der Waals surface area contributed by atoms with Crippen LogP contribution in [0, 0.1) is 10.1 Å². The van der Waals surface area contributed by atoms with Crippen molar-refractivity contribution >= 4 is 11.6 Å². The van der Waals surface area contributed by atoms with Gasteiger partial charge in [0.1, 0.15) is 12.1 Å². The van der Waals surface area contributed by atoms with E-state index in [-0.39, 0.29) is 11.5 Å². The molecular weight excluding hydrogens is 411 g/mol. The summed E-state index contributed by atoms with van der Waals surface area (Å²) in [6.45, 7) is 2.76. The van der Waals surface area contributed by atoms with Crippen molar-refractivity contribution in [1.29, 1.82) is 0 Å². The van der Waals surface area contributed by atoms with Crippen LogP contribution in [-0.4, -0.2) is 35.5 Å². The Labute approximate surface area is 178 Å². The second-order valence-electron chi connectivity index (χ2n) is 8.20. The van der Waals surface area contributed by atoms with E-state index in [0.29, 0.717) is 23.6 Å². The lowest BCUT2D eigenvalue weighted by atomic mass is 9.88. The predicted molar refractivity (Wildman–Crippen MR) is 109 cm³/mol. The van der Waals surface area contributed by atoms with Gasteiger partial charge in [0.2, 0.25) is 5.91 Å². The molecule has 3 rings (SSSR count). The summed E-state index contributed by atoms with van der Waals surface area (Å²) in [6, 6.07) is 10.4. The Morgan fingerprint density at radius 1 is 1.13 bits per heavy atom. The van der Waals surface area contributed by atoms with E-state index in [2.05, 4.69) is 5.32 Å². The second kappa shape index (κ2) is 8.66. The van der Waals surface area contributed by atoms with Gasteiger partial charge in [-0.2, -0.15) is 13.2 Å². The summed E-state index contributed by atoms with van der Waals surface area (Å²) >= 11 is 0. The van der Waals surface area contributed by atoms with Crippen molar-refractivity contribution in [2.45, 2.75) is 38.0 Å². The predicted octanol–water partition coefficient (Wildman–Crippen LogP) is 4.77. The van der Waals surface area contributed by atoms with Crippen LogP contribution in [0.4, 0.5) is 18.9 Å². The molecule has 0 aromatic heterocycles. The number of alkyl halides is 3. The van der Waals surface area contributed by atoms with Gasteiger partial charge >= 0.3 is 6.18 Å². The Morgan fingerprint density at radius 2 is 1.74 bits per heavy atom. The van der Waals surface area contributed by atoms with Crippen LogP contribution in [0.5, 0.6) is 0 Å². The van der Waals surface area contributed by atoms with Gasteiger partial charge in [0.25, 0.3) is 5.69 Å². The third-order valence-electron chi connectivity index (χ3n) is 5.97. The van der Waals surface area contributed by atoms with Gasteiger partial charge in [-0.3, -0.25) is 14.9 Å². The standard InChI is InChI=1S/C22H24F3N3O3/c1-15(29)26-20(16-8-4-3-5-9-16)21(28(2)12-6-7-13-28)18-11-10-17(22(23,24)25)14-19(18)27(30)31/h3-5,8-11,14,20-21H,6-7,12-13H2,1-2H3/p+1/t20-,21?/m0/s1. The average molecular weight is 436 g/mol. The number of hydrogen-bond donors (Lipinski definition) is 1. The molecule has 31 heavy (non-hydrogen) atoms. The van der Waals surface area contributed by atoms with Gasteiger partial charge in [-0.05, 0) is 17.7 Å². The first-order chi connectivity index (χ1) is 14.5. The molecule has 6 nitrogen and oxygen atoms in total. The number of nitrogens with zero attached hydrogens (tertiary/aromatic N) is 2. The molecule has 2 atom stereocenters. The van der Waals surface area contributed by atoms with Crippen LogP contribution in [-0.2, 0) is 11.0 Å². The van der Waals surface area contributed by atoms with E-state index >= 15 is 0 Å². The average Bonchev–Trinajstić information content (AvgIpc) is 3.14. The van der Waals surface area contributed by atoms with E-state index in [1.165, 1.54) is 13.0 Å². The number of rotatable bonds is 6. The zero-order valence-corrected chi connectivity index (χ0v) is 17.4. The maximum absolute atomic E-state index is 13.3. The Balaban J connectivity index is 2.25. The van der Waals surface area contributed by atoms with Crippen molar-refractivity contribution < 1.29 is 27.4 Å². The molecule has 0 spiro atoms. The first-order valence-electron chi connectivity index (χ1n) is 10.0. The quantitative estimate of drug-likeness (QED) is 0.403. The van der Waals surface area contributed by atoms with Crippen molar-refractivity contribution in [3.8, 4) is 0 Å². The summed E-state index contributed by atoms with van der Waals surface area (Å²) < 4.78 is 40.1. The number of halogens is 3. The summed E-state index contributed by atoms with van der Waals surface area (Å²) in [4.78, 5) is 23.2. The Bertz CT molecular complexity index is 957. The van der Waals surface area contributed by atoms with Crippen LogP contribution in [0.25, 0.3) is 0 Å². The number of carbonyl (C=O) groups is 1. The molecule has 0 radical (unpaired) electrons. The minimum absolute atomic E-state index is 0.185. The number of nitro groups is 1. The van der Waals surface area contributed by atoms with Gasteiger partial charge in [-0.25, -0.2) is 0 Å². The molecule has 1 unspecified atom stereocenters. The minimum atomic E-state index is -4.69. The number of likely N-dealkylation sites (tertiary alicyclic amines) is 1. The molecule has 166 valence electrons. The van der Waals surface area contributed by atoms with E-state index in [1.54, 1.807) is 12.1 Å². The largest absolute Gasteiger partial charge is 0.416 e. The third kappa shape index (κ3) is 4.87. The van der Waals surface area contributed by atoms with E-state index in [4.69, 9.17) is 0 Å². The third-order valence-corrected chi connectivity index (χ3v) is 5.97. The number of nitro benzene ring substituents is 1. The molecule has 1 fully saturated rings. The molecule has 1 aliphatic heterocycles. The molecule has 0 saturated carbocycles. The lowest BCUT2D eigenvalue weighted by Gasteiger charge is -2.42. The number of likely N-dealkylation sites (N-methyl/N-ethyl adjacent to an activating group) is 1. The van der Waals surface area contributed by atoms with Crippen LogP contribution in [0.2, 0.25) is 0 Å². The fourth-order valence-corrected chi connectivity index (χ4v) is 4.56. The first kappa shape index (κ1) is 22.7. The van der Waals surface area contributed by atoms with Gasteiger partial charge in [-0.1, -0.05) is 30.3 Å². The number of nitrogens with one attached hydrogen (secondary N) is 1. The van der Waals surface area contributed by atoms with Crippen molar-refractivity contribution in [3.63, 3.8) is 0 Å². The van der Waals surface area contributed by atoms with E-state index in [1.807, 2.05) is 25.2 Å². The molecule has 1 aliphatic rings. The number of carbonyl (C=O) groups excluding carboxylic acids is 1. The van der Waals surface area contributed by atoms with E-state index < -0.39 is 34.4 Å². The smallest absolute Gasteiger partial charge is 0.343 e. The normalized spacial score (nSPS) is 17.7. The van der Waals surface area contributed by atoms with Crippen molar-refractivity contribution in [2.24, 2.45) is 0 Å². The molecule has 2 aromatic rings. The highest BCUT2D eigenvalue weighted by atomic mass is 19.4. The second-order valence-corrected chi connectivity index (χ2v) is 8.20.